The fourth-order valence-electron chi connectivity index (χ4n) is 2.67. The van der Waals surface area contributed by atoms with Crippen molar-refractivity contribution in [2.24, 2.45) is 0 Å². The predicted octanol–water partition coefficient (Wildman–Crippen LogP) is 1.16. The Balaban J connectivity index is 1.81. The number of carbonyl (C=O) groups excluding carboxylic acids is 1. The lowest BCUT2D eigenvalue weighted by Gasteiger charge is -2.34. The van der Waals surface area contributed by atoms with E-state index in [9.17, 15) is 4.79 Å². The number of nitrogens with zero attached hydrogens (tertiary/aromatic N) is 1. The van der Waals surface area contributed by atoms with Gasteiger partial charge in [-0.1, -0.05) is 6.92 Å². The van der Waals surface area contributed by atoms with Gasteiger partial charge < -0.3 is 15.0 Å². The largest absolute Gasteiger partial charge is 0.376 e. The van der Waals surface area contributed by atoms with Gasteiger partial charge >= 0.3 is 0 Å². The van der Waals surface area contributed by atoms with Gasteiger partial charge in [0.1, 0.15) is 0 Å². The first-order valence-electron chi connectivity index (χ1n) is 6.95. The van der Waals surface area contributed by atoms with Gasteiger partial charge in [-0.2, -0.15) is 0 Å². The molecule has 2 aliphatic heterocycles. The summed E-state index contributed by atoms with van der Waals surface area (Å²) in [6, 6.07) is 0.0694. The van der Waals surface area contributed by atoms with Crippen molar-refractivity contribution in [2.75, 3.05) is 26.2 Å². The van der Waals surface area contributed by atoms with E-state index in [-0.39, 0.29) is 18.1 Å². The van der Waals surface area contributed by atoms with Crippen LogP contribution in [0.1, 0.15) is 39.0 Å². The minimum Gasteiger partial charge on any atom is -0.376 e. The number of ether oxygens (including phenoxy) is 1. The molecule has 17 heavy (non-hydrogen) atoms. The van der Waals surface area contributed by atoms with Crippen LogP contribution in [0.15, 0.2) is 0 Å². The van der Waals surface area contributed by atoms with E-state index in [1.54, 1.807) is 0 Å². The molecule has 1 amide bonds. The summed E-state index contributed by atoms with van der Waals surface area (Å²) in [5.41, 5.74) is 0. The molecule has 2 atom stereocenters. The Morgan fingerprint density at radius 2 is 2.29 bits per heavy atom. The second-order valence-corrected chi connectivity index (χ2v) is 5.07. The summed E-state index contributed by atoms with van der Waals surface area (Å²) >= 11 is 0. The van der Waals surface area contributed by atoms with Crippen LogP contribution in [0.25, 0.3) is 0 Å². The molecule has 4 heteroatoms. The van der Waals surface area contributed by atoms with Crippen LogP contribution in [0.2, 0.25) is 0 Å². The van der Waals surface area contributed by atoms with Gasteiger partial charge in [-0.05, 0) is 38.6 Å². The van der Waals surface area contributed by atoms with Crippen molar-refractivity contribution in [1.29, 1.82) is 0 Å². The van der Waals surface area contributed by atoms with Crippen molar-refractivity contribution in [2.45, 2.75) is 51.2 Å². The third-order valence-corrected chi connectivity index (χ3v) is 3.61. The smallest absolute Gasteiger partial charge is 0.239 e. The average molecular weight is 240 g/mol. The highest BCUT2D eigenvalue weighted by atomic mass is 16.5. The molecule has 0 aromatic heterocycles. The molecular formula is C13H24N2O2. The minimum absolute atomic E-state index is 0.0694. The second kappa shape index (κ2) is 6.36. The number of piperidine rings is 1. The molecule has 0 spiro atoms. The van der Waals surface area contributed by atoms with E-state index in [1.165, 1.54) is 0 Å². The van der Waals surface area contributed by atoms with E-state index < -0.39 is 0 Å². The van der Waals surface area contributed by atoms with Crippen LogP contribution in [0, 0.1) is 0 Å². The van der Waals surface area contributed by atoms with Crippen LogP contribution in [0.4, 0.5) is 0 Å². The molecule has 0 radical (unpaired) electrons. The molecule has 0 aliphatic carbocycles. The van der Waals surface area contributed by atoms with Gasteiger partial charge in [-0.25, -0.2) is 0 Å². The van der Waals surface area contributed by atoms with Gasteiger partial charge in [0.15, 0.2) is 0 Å². The number of carbonyl (C=O) groups is 1. The first-order chi connectivity index (χ1) is 8.31. The maximum atomic E-state index is 12.2. The lowest BCUT2D eigenvalue weighted by molar-refractivity contribution is -0.137. The standard InChI is InChI=1S/C13H24N2O2/c1-2-9-17-11-5-4-8-15(10-11)13(16)12-6-3-7-14-12/h11-12,14H,2-10H2,1H3. The van der Waals surface area contributed by atoms with E-state index >= 15 is 0 Å². The zero-order chi connectivity index (χ0) is 12.1. The molecule has 2 saturated heterocycles. The molecule has 1 N–H and O–H groups in total. The third kappa shape index (κ3) is 3.42. The van der Waals surface area contributed by atoms with Crippen molar-refractivity contribution >= 4 is 5.91 Å². The summed E-state index contributed by atoms with van der Waals surface area (Å²) in [6.07, 6.45) is 5.60. The Hall–Kier alpha value is -0.610. The zero-order valence-corrected chi connectivity index (χ0v) is 10.8. The van der Waals surface area contributed by atoms with E-state index in [2.05, 4.69) is 12.2 Å². The summed E-state index contributed by atoms with van der Waals surface area (Å²) in [4.78, 5) is 14.2. The van der Waals surface area contributed by atoms with Crippen molar-refractivity contribution in [3.63, 3.8) is 0 Å². The topological polar surface area (TPSA) is 41.6 Å². The highest BCUT2D eigenvalue weighted by Gasteiger charge is 2.30. The predicted molar refractivity (Wildman–Crippen MR) is 66.9 cm³/mol. The number of hydrogen-bond acceptors (Lipinski definition) is 3. The van der Waals surface area contributed by atoms with Gasteiger partial charge in [0.05, 0.1) is 12.1 Å². The molecule has 0 bridgehead atoms. The summed E-state index contributed by atoms with van der Waals surface area (Å²) in [7, 11) is 0. The Morgan fingerprint density at radius 1 is 1.41 bits per heavy atom. The first kappa shape index (κ1) is 12.8. The van der Waals surface area contributed by atoms with E-state index in [1.807, 2.05) is 4.90 Å². The maximum absolute atomic E-state index is 12.2. The van der Waals surface area contributed by atoms with E-state index in [4.69, 9.17) is 4.74 Å². The van der Waals surface area contributed by atoms with Crippen LogP contribution in [0.5, 0.6) is 0 Å². The summed E-state index contributed by atoms with van der Waals surface area (Å²) in [5.74, 6) is 0.285. The van der Waals surface area contributed by atoms with Crippen LogP contribution in [-0.4, -0.2) is 49.2 Å². The monoisotopic (exact) mass is 240 g/mol. The van der Waals surface area contributed by atoms with E-state index in [0.29, 0.717) is 0 Å². The van der Waals surface area contributed by atoms with Crippen LogP contribution >= 0.6 is 0 Å². The van der Waals surface area contributed by atoms with Crippen molar-refractivity contribution < 1.29 is 9.53 Å². The van der Waals surface area contributed by atoms with Gasteiger partial charge in [0.2, 0.25) is 5.91 Å². The molecule has 98 valence electrons. The minimum atomic E-state index is 0.0694. The normalized spacial score (nSPS) is 29.6. The van der Waals surface area contributed by atoms with Crippen molar-refractivity contribution in [3.8, 4) is 0 Å². The molecule has 2 rings (SSSR count). The summed E-state index contributed by atoms with van der Waals surface area (Å²) < 4.78 is 5.76. The molecule has 0 aromatic rings. The summed E-state index contributed by atoms with van der Waals surface area (Å²) in [6.45, 7) is 5.61. The molecule has 0 saturated carbocycles. The Bertz CT molecular complexity index is 252. The molecule has 2 heterocycles. The molecule has 2 fully saturated rings. The SMILES string of the molecule is CCCOC1CCCN(C(=O)C2CCCN2)C1. The second-order valence-electron chi connectivity index (χ2n) is 5.07. The number of likely N-dealkylation sites (tertiary alicyclic amines) is 1. The Morgan fingerprint density at radius 3 is 3.00 bits per heavy atom. The van der Waals surface area contributed by atoms with Crippen molar-refractivity contribution in [3.05, 3.63) is 0 Å². The van der Waals surface area contributed by atoms with Gasteiger partial charge in [0.25, 0.3) is 0 Å². The summed E-state index contributed by atoms with van der Waals surface area (Å²) in [5, 5.41) is 3.28. The first-order valence-corrected chi connectivity index (χ1v) is 6.95. The fourth-order valence-corrected chi connectivity index (χ4v) is 2.67. The lowest BCUT2D eigenvalue weighted by atomic mass is 10.1. The van der Waals surface area contributed by atoms with Gasteiger partial charge in [-0.3, -0.25) is 4.79 Å². The van der Waals surface area contributed by atoms with Gasteiger partial charge in [0, 0.05) is 19.7 Å². The van der Waals surface area contributed by atoms with E-state index in [0.717, 1.165) is 58.3 Å². The average Bonchev–Trinajstić information content (AvgIpc) is 2.89. The number of rotatable bonds is 4. The number of amides is 1. The van der Waals surface area contributed by atoms with Crippen LogP contribution in [-0.2, 0) is 9.53 Å². The van der Waals surface area contributed by atoms with Gasteiger partial charge in [-0.15, -0.1) is 0 Å². The number of hydrogen-bond donors (Lipinski definition) is 1. The highest BCUT2D eigenvalue weighted by Crippen LogP contribution is 2.16. The Kier molecular flexibility index (Phi) is 4.80. The zero-order valence-electron chi connectivity index (χ0n) is 10.8. The Labute approximate surface area is 104 Å². The van der Waals surface area contributed by atoms with Crippen molar-refractivity contribution in [1.82, 2.24) is 10.2 Å². The molecule has 2 unspecified atom stereocenters. The number of nitrogens with one attached hydrogen (secondary N) is 1. The molecule has 4 nitrogen and oxygen atoms in total. The van der Waals surface area contributed by atoms with Crippen LogP contribution < -0.4 is 5.32 Å². The quantitative estimate of drug-likeness (QED) is 0.801. The molecule has 0 aromatic carbocycles. The third-order valence-electron chi connectivity index (χ3n) is 3.61. The van der Waals surface area contributed by atoms with Crippen LogP contribution in [0.3, 0.4) is 0 Å². The maximum Gasteiger partial charge on any atom is 0.239 e. The fraction of sp³-hybridized carbons (Fsp3) is 0.923. The molecule has 2 aliphatic rings. The highest BCUT2D eigenvalue weighted by molar-refractivity contribution is 5.82. The lowest BCUT2D eigenvalue weighted by Crippen LogP contribution is -2.49. The molecular weight excluding hydrogens is 216 g/mol.